The fourth-order valence-electron chi connectivity index (χ4n) is 4.35. The van der Waals surface area contributed by atoms with Gasteiger partial charge in [-0.3, -0.25) is 5.21 Å². The van der Waals surface area contributed by atoms with Gasteiger partial charge in [-0.05, 0) is 61.6 Å². The van der Waals surface area contributed by atoms with Crippen LogP contribution in [0.3, 0.4) is 0 Å². The van der Waals surface area contributed by atoms with Crippen LogP contribution in [0.1, 0.15) is 62.9 Å². The van der Waals surface area contributed by atoms with Gasteiger partial charge in [-0.1, -0.05) is 13.3 Å². The second-order valence-electron chi connectivity index (χ2n) is 8.59. The van der Waals surface area contributed by atoms with E-state index >= 15 is 0 Å². The van der Waals surface area contributed by atoms with Gasteiger partial charge in [0.25, 0.3) is 0 Å². The molecule has 0 bridgehead atoms. The Morgan fingerprint density at radius 3 is 1.95 bits per heavy atom. The number of ether oxygens (including phenoxy) is 6. The smallest absolute Gasteiger partial charge is 0.345 e. The molecule has 10 heteroatoms. The fourth-order valence-corrected chi connectivity index (χ4v) is 4.35. The molecule has 0 saturated carbocycles. The van der Waals surface area contributed by atoms with Crippen LogP contribution >= 0.6 is 0 Å². The number of carbonyl (C=O) groups excluding carboxylic acids is 1. The number of unbranched alkanes of at least 4 members (excludes halogenated alkanes) is 1. The van der Waals surface area contributed by atoms with Gasteiger partial charge in [-0.15, -0.1) is 0 Å². The van der Waals surface area contributed by atoms with Gasteiger partial charge in [0.1, 0.15) is 0 Å². The monoisotopic (exact) mass is 518 g/mol. The van der Waals surface area contributed by atoms with E-state index < -0.39 is 6.03 Å². The molecule has 2 atom stereocenters. The van der Waals surface area contributed by atoms with Gasteiger partial charge in [0.15, 0.2) is 23.0 Å². The van der Waals surface area contributed by atoms with Gasteiger partial charge in [0, 0.05) is 0 Å². The maximum Gasteiger partial charge on any atom is 0.345 e. The number of rotatable bonds is 12. The number of amides is 2. The van der Waals surface area contributed by atoms with E-state index in [0.717, 1.165) is 30.4 Å². The van der Waals surface area contributed by atoms with Crippen molar-refractivity contribution in [1.82, 2.24) is 5.06 Å². The van der Waals surface area contributed by atoms with E-state index in [2.05, 4.69) is 5.32 Å². The van der Waals surface area contributed by atoms with Crippen molar-refractivity contribution in [2.24, 2.45) is 0 Å². The molecule has 10 nitrogen and oxygen atoms in total. The zero-order valence-corrected chi connectivity index (χ0v) is 22.5. The summed E-state index contributed by atoms with van der Waals surface area (Å²) < 4.78 is 34.2. The summed E-state index contributed by atoms with van der Waals surface area (Å²) in [5.74, 6) is 2.51. The number of benzene rings is 2. The number of methoxy groups -OCH3 is 4. The van der Waals surface area contributed by atoms with Gasteiger partial charge in [-0.25, -0.2) is 9.86 Å². The topological polar surface area (TPSA) is 108 Å². The van der Waals surface area contributed by atoms with Crippen LogP contribution in [0, 0.1) is 0 Å². The second-order valence-corrected chi connectivity index (χ2v) is 8.59. The van der Waals surface area contributed by atoms with Gasteiger partial charge in [0.05, 0.1) is 59.5 Å². The fraction of sp³-hybridized carbons (Fsp3) is 0.519. The first-order valence-electron chi connectivity index (χ1n) is 12.5. The van der Waals surface area contributed by atoms with Crippen molar-refractivity contribution in [2.45, 2.75) is 51.7 Å². The number of carbonyl (C=O) groups is 1. The molecular formula is C27H38N2O8. The standard InChI is InChI=1S/C27H38N2O8/c1-7-9-12-29(31)27(30)28-19-13-17(14-22(32-3)25(19)36-8-2)20-10-11-21(37-20)18-15-23(33-4)26(35-6)24(16-18)34-5/h13-16,20-21,31H,7-12H2,1-6H3,(H,28,30). The van der Waals surface area contributed by atoms with Gasteiger partial charge in [0.2, 0.25) is 5.75 Å². The lowest BCUT2D eigenvalue weighted by atomic mass is 10.0. The minimum absolute atomic E-state index is 0.198. The van der Waals surface area contributed by atoms with Crippen LogP contribution in [0.25, 0.3) is 0 Å². The Morgan fingerprint density at radius 2 is 1.46 bits per heavy atom. The maximum absolute atomic E-state index is 12.6. The summed E-state index contributed by atoms with van der Waals surface area (Å²) in [5.41, 5.74) is 2.13. The lowest BCUT2D eigenvalue weighted by Crippen LogP contribution is -2.32. The lowest BCUT2D eigenvalue weighted by Gasteiger charge is -2.22. The number of nitrogens with zero attached hydrogens (tertiary/aromatic N) is 1. The normalized spacial score (nSPS) is 16.7. The average molecular weight is 519 g/mol. The van der Waals surface area contributed by atoms with Gasteiger partial charge in [-0.2, -0.15) is 0 Å². The SMILES string of the molecule is CCCCN(O)C(=O)Nc1cc(C2CCC(c3cc(OC)c(OC)c(OC)c3)O2)cc(OC)c1OCC. The Bertz CT molecular complexity index is 1040. The van der Waals surface area contributed by atoms with Gasteiger partial charge >= 0.3 is 6.03 Å². The van der Waals surface area contributed by atoms with Crippen molar-refractivity contribution in [3.8, 4) is 28.7 Å². The molecule has 204 valence electrons. The number of urea groups is 1. The third kappa shape index (κ3) is 6.50. The molecule has 1 aliphatic rings. The summed E-state index contributed by atoms with van der Waals surface area (Å²) >= 11 is 0. The molecule has 1 heterocycles. The number of nitrogens with one attached hydrogen (secondary N) is 1. The Kier molecular flexibility index (Phi) is 10.1. The molecular weight excluding hydrogens is 480 g/mol. The van der Waals surface area contributed by atoms with Gasteiger partial charge < -0.3 is 33.7 Å². The van der Waals surface area contributed by atoms with E-state index in [4.69, 9.17) is 28.4 Å². The highest BCUT2D eigenvalue weighted by molar-refractivity contribution is 5.91. The predicted molar refractivity (Wildman–Crippen MR) is 138 cm³/mol. The maximum atomic E-state index is 12.6. The third-order valence-electron chi connectivity index (χ3n) is 6.24. The van der Waals surface area contributed by atoms with Crippen LogP contribution in [-0.4, -0.2) is 57.9 Å². The van der Waals surface area contributed by atoms with Crippen LogP contribution in [0.5, 0.6) is 28.7 Å². The molecule has 3 rings (SSSR count). The predicted octanol–water partition coefficient (Wildman–Crippen LogP) is 5.74. The van der Waals surface area contributed by atoms with E-state index in [-0.39, 0.29) is 18.8 Å². The molecule has 0 spiro atoms. The Labute approximate surface area is 218 Å². The van der Waals surface area contributed by atoms with E-state index in [1.54, 1.807) is 34.5 Å². The number of hydroxylamine groups is 2. The molecule has 2 unspecified atom stereocenters. The van der Waals surface area contributed by atoms with E-state index in [0.29, 0.717) is 52.5 Å². The van der Waals surface area contributed by atoms with Crippen molar-refractivity contribution in [2.75, 3.05) is 46.9 Å². The Hall–Kier alpha value is -3.37. The molecule has 1 fully saturated rings. The minimum atomic E-state index is -0.642. The zero-order chi connectivity index (χ0) is 26.9. The molecule has 1 saturated heterocycles. The second kappa shape index (κ2) is 13.3. The summed E-state index contributed by atoms with van der Waals surface area (Å²) in [6.45, 7) is 4.44. The zero-order valence-electron chi connectivity index (χ0n) is 22.5. The Morgan fingerprint density at radius 1 is 0.919 bits per heavy atom. The molecule has 0 aromatic heterocycles. The molecule has 2 N–H and O–H groups in total. The molecule has 1 aliphatic heterocycles. The molecule has 2 aromatic carbocycles. The highest BCUT2D eigenvalue weighted by Gasteiger charge is 2.31. The summed E-state index contributed by atoms with van der Waals surface area (Å²) in [4.78, 5) is 12.6. The van der Waals surface area contributed by atoms with E-state index in [1.165, 1.54) is 0 Å². The molecule has 37 heavy (non-hydrogen) atoms. The van der Waals surface area contributed by atoms with Crippen molar-refractivity contribution in [1.29, 1.82) is 0 Å². The van der Waals surface area contributed by atoms with Crippen LogP contribution < -0.4 is 29.0 Å². The van der Waals surface area contributed by atoms with Crippen LogP contribution in [-0.2, 0) is 4.74 Å². The molecule has 0 radical (unpaired) electrons. The summed E-state index contributed by atoms with van der Waals surface area (Å²) in [7, 11) is 6.27. The minimum Gasteiger partial charge on any atom is -0.493 e. The van der Waals surface area contributed by atoms with Crippen LogP contribution in [0.4, 0.5) is 10.5 Å². The number of anilines is 1. The van der Waals surface area contributed by atoms with Crippen molar-refractivity contribution in [3.63, 3.8) is 0 Å². The number of hydrogen-bond acceptors (Lipinski definition) is 8. The van der Waals surface area contributed by atoms with E-state index in [1.807, 2.05) is 32.0 Å². The first-order chi connectivity index (χ1) is 17.9. The van der Waals surface area contributed by atoms with Crippen molar-refractivity contribution in [3.05, 3.63) is 35.4 Å². The third-order valence-corrected chi connectivity index (χ3v) is 6.24. The Balaban J connectivity index is 1.89. The largest absolute Gasteiger partial charge is 0.493 e. The number of hydrogen-bond donors (Lipinski definition) is 2. The lowest BCUT2D eigenvalue weighted by molar-refractivity contribution is -0.0379. The molecule has 0 aliphatic carbocycles. The van der Waals surface area contributed by atoms with Crippen molar-refractivity contribution >= 4 is 11.7 Å². The summed E-state index contributed by atoms with van der Waals surface area (Å²) in [6, 6.07) is 6.81. The quantitative estimate of drug-likeness (QED) is 0.271. The summed E-state index contributed by atoms with van der Waals surface area (Å²) in [5, 5.41) is 13.5. The van der Waals surface area contributed by atoms with Crippen LogP contribution in [0.15, 0.2) is 24.3 Å². The highest BCUT2D eigenvalue weighted by Crippen LogP contribution is 2.48. The average Bonchev–Trinajstić information content (AvgIpc) is 3.42. The van der Waals surface area contributed by atoms with Crippen LogP contribution in [0.2, 0.25) is 0 Å². The van der Waals surface area contributed by atoms with Crippen molar-refractivity contribution < 1.29 is 38.4 Å². The molecule has 2 amide bonds. The first kappa shape index (κ1) is 28.2. The molecule has 2 aromatic rings. The van der Waals surface area contributed by atoms with E-state index in [9.17, 15) is 10.0 Å². The first-order valence-corrected chi connectivity index (χ1v) is 12.5. The summed E-state index contributed by atoms with van der Waals surface area (Å²) in [6.07, 6.45) is 2.59. The highest BCUT2D eigenvalue weighted by atomic mass is 16.5.